The molecule has 0 aliphatic rings. The van der Waals surface area contributed by atoms with Crippen molar-refractivity contribution in [2.24, 2.45) is 7.05 Å². The lowest BCUT2D eigenvalue weighted by Crippen LogP contribution is -2.28. The van der Waals surface area contributed by atoms with E-state index in [4.69, 9.17) is 4.74 Å². The van der Waals surface area contributed by atoms with Gasteiger partial charge in [0.2, 0.25) is 11.8 Å². The van der Waals surface area contributed by atoms with Crippen molar-refractivity contribution in [1.82, 2.24) is 24.7 Å². The number of benzene rings is 1. The summed E-state index contributed by atoms with van der Waals surface area (Å²) in [6, 6.07) is 9.66. The van der Waals surface area contributed by atoms with E-state index < -0.39 is 23.8 Å². The second kappa shape index (κ2) is 11.5. The average molecular weight is 554 g/mol. The molecule has 0 saturated carbocycles. The van der Waals surface area contributed by atoms with Crippen molar-refractivity contribution in [2.45, 2.75) is 6.18 Å². The number of halogens is 3. The molecule has 0 spiro atoms. The van der Waals surface area contributed by atoms with Crippen LogP contribution in [0.1, 0.15) is 0 Å². The van der Waals surface area contributed by atoms with Gasteiger partial charge in [-0.05, 0) is 24.3 Å². The average Bonchev–Trinajstić information content (AvgIpc) is 3.32. The molecular formula is C25H21F3N8O4. The number of methoxy groups -OCH3 is 1. The summed E-state index contributed by atoms with van der Waals surface area (Å²) in [5.41, 5.74) is 2.53. The normalized spacial score (nSPS) is 10.9. The molecule has 1 amide bonds. The van der Waals surface area contributed by atoms with Crippen LogP contribution in [0.3, 0.4) is 0 Å². The maximum atomic E-state index is 12.4. The molecule has 1 aromatic carbocycles. The molecule has 3 aromatic heterocycles. The van der Waals surface area contributed by atoms with Gasteiger partial charge in [0.25, 0.3) is 5.91 Å². The number of esters is 1. The SMILES string of the molecule is C=C(OC(=O)C(F)(F)F)C(=O)Nc1cccc(Nc2nc(Nc3cnn(C)c3)ncc2-c2ccc(OC)nc2)c1. The van der Waals surface area contributed by atoms with Crippen LogP contribution in [-0.4, -0.2) is 49.9 Å². The number of rotatable bonds is 9. The molecule has 4 aromatic rings. The quantitative estimate of drug-likeness (QED) is 0.155. The summed E-state index contributed by atoms with van der Waals surface area (Å²) in [7, 11) is 3.26. The highest BCUT2D eigenvalue weighted by atomic mass is 19.4. The first-order chi connectivity index (χ1) is 19.0. The van der Waals surface area contributed by atoms with Crippen LogP contribution in [0.4, 0.5) is 42.0 Å². The van der Waals surface area contributed by atoms with E-state index in [9.17, 15) is 22.8 Å². The highest BCUT2D eigenvalue weighted by Crippen LogP contribution is 2.31. The van der Waals surface area contributed by atoms with Crippen LogP contribution in [0.5, 0.6) is 5.88 Å². The zero-order valence-corrected chi connectivity index (χ0v) is 21.0. The number of carbonyl (C=O) groups excluding carboxylic acids is 2. The van der Waals surface area contributed by atoms with Crippen molar-refractivity contribution < 1.29 is 32.2 Å². The number of carbonyl (C=O) groups is 2. The topological polar surface area (TPSA) is 145 Å². The number of pyridine rings is 1. The van der Waals surface area contributed by atoms with Crippen molar-refractivity contribution in [3.8, 4) is 17.0 Å². The maximum absolute atomic E-state index is 12.4. The van der Waals surface area contributed by atoms with E-state index in [0.717, 1.165) is 0 Å². The molecular weight excluding hydrogens is 533 g/mol. The van der Waals surface area contributed by atoms with Crippen LogP contribution in [0, 0.1) is 0 Å². The Balaban J connectivity index is 1.58. The number of hydrogen-bond donors (Lipinski definition) is 3. The summed E-state index contributed by atoms with van der Waals surface area (Å²) in [5.74, 6) is -3.67. The number of aryl methyl sites for hydroxylation is 1. The van der Waals surface area contributed by atoms with Gasteiger partial charge in [0, 0.05) is 54.2 Å². The molecule has 0 atom stereocenters. The Morgan fingerprint density at radius 2 is 1.77 bits per heavy atom. The Hall–Kier alpha value is -5.47. The monoisotopic (exact) mass is 554 g/mol. The predicted molar refractivity (Wildman–Crippen MR) is 138 cm³/mol. The minimum atomic E-state index is -5.27. The molecule has 15 heteroatoms. The summed E-state index contributed by atoms with van der Waals surface area (Å²) in [4.78, 5) is 36.4. The third kappa shape index (κ3) is 6.89. The largest absolute Gasteiger partial charge is 0.491 e. The van der Waals surface area contributed by atoms with Gasteiger partial charge in [-0.15, -0.1) is 0 Å². The molecule has 3 N–H and O–H groups in total. The Morgan fingerprint density at radius 3 is 2.42 bits per heavy atom. The van der Waals surface area contributed by atoms with E-state index in [0.29, 0.717) is 34.2 Å². The Labute approximate surface area is 224 Å². The lowest BCUT2D eigenvalue weighted by atomic mass is 10.1. The van der Waals surface area contributed by atoms with Crippen LogP contribution in [-0.2, 0) is 21.4 Å². The van der Waals surface area contributed by atoms with E-state index >= 15 is 0 Å². The first-order valence-corrected chi connectivity index (χ1v) is 11.3. The van der Waals surface area contributed by atoms with Crippen LogP contribution in [0.25, 0.3) is 11.1 Å². The van der Waals surface area contributed by atoms with Crippen LogP contribution >= 0.6 is 0 Å². The summed E-state index contributed by atoms with van der Waals surface area (Å²) in [6.07, 6.45) is 1.24. The first kappa shape index (κ1) is 27.6. The molecule has 0 aliphatic carbocycles. The zero-order valence-electron chi connectivity index (χ0n) is 21.0. The molecule has 3 heterocycles. The van der Waals surface area contributed by atoms with E-state index in [1.807, 2.05) is 0 Å². The minimum Gasteiger partial charge on any atom is -0.481 e. The molecule has 0 unspecified atom stereocenters. The fourth-order valence-corrected chi connectivity index (χ4v) is 3.25. The van der Waals surface area contributed by atoms with Crippen LogP contribution in [0.15, 0.2) is 73.5 Å². The van der Waals surface area contributed by atoms with E-state index in [1.165, 1.54) is 19.2 Å². The lowest BCUT2D eigenvalue weighted by molar-refractivity contribution is -0.195. The van der Waals surface area contributed by atoms with Gasteiger partial charge in [0.05, 0.1) is 19.0 Å². The third-order valence-corrected chi connectivity index (χ3v) is 5.09. The van der Waals surface area contributed by atoms with Gasteiger partial charge in [0.1, 0.15) is 5.82 Å². The predicted octanol–water partition coefficient (Wildman–Crippen LogP) is 4.33. The number of alkyl halides is 3. The molecule has 206 valence electrons. The number of anilines is 5. The Bertz CT molecular complexity index is 1550. The number of hydrogen-bond acceptors (Lipinski definition) is 10. The Kier molecular flexibility index (Phi) is 7.93. The number of nitrogens with zero attached hydrogens (tertiary/aromatic N) is 5. The third-order valence-electron chi connectivity index (χ3n) is 5.09. The lowest BCUT2D eigenvalue weighted by Gasteiger charge is -2.14. The second-order valence-corrected chi connectivity index (χ2v) is 8.04. The van der Waals surface area contributed by atoms with Crippen molar-refractivity contribution in [3.63, 3.8) is 0 Å². The van der Waals surface area contributed by atoms with Gasteiger partial charge in [-0.3, -0.25) is 9.48 Å². The van der Waals surface area contributed by atoms with Crippen molar-refractivity contribution in [3.05, 3.63) is 73.5 Å². The highest BCUT2D eigenvalue weighted by molar-refractivity contribution is 6.03. The molecule has 40 heavy (non-hydrogen) atoms. The van der Waals surface area contributed by atoms with Crippen molar-refractivity contribution >= 4 is 40.7 Å². The van der Waals surface area contributed by atoms with Gasteiger partial charge >= 0.3 is 12.1 Å². The number of aromatic nitrogens is 5. The number of nitrogens with one attached hydrogen (secondary N) is 3. The Morgan fingerprint density at radius 1 is 1.00 bits per heavy atom. The van der Waals surface area contributed by atoms with E-state index in [2.05, 4.69) is 47.3 Å². The number of ether oxygens (including phenoxy) is 2. The summed E-state index contributed by atoms with van der Waals surface area (Å²) in [5, 5.41) is 12.6. The van der Waals surface area contributed by atoms with Crippen molar-refractivity contribution in [2.75, 3.05) is 23.1 Å². The summed E-state index contributed by atoms with van der Waals surface area (Å²) in [6.45, 7) is 3.08. The minimum absolute atomic E-state index is 0.176. The van der Waals surface area contributed by atoms with Crippen LogP contribution in [0.2, 0.25) is 0 Å². The van der Waals surface area contributed by atoms with E-state index in [-0.39, 0.29) is 11.6 Å². The van der Waals surface area contributed by atoms with Gasteiger partial charge in [0.15, 0.2) is 5.76 Å². The summed E-state index contributed by atoms with van der Waals surface area (Å²) < 4.78 is 48.0. The molecule has 12 nitrogen and oxygen atoms in total. The standard InChI is InChI=1S/C25H21F3N8O4/c1-14(40-23(38)25(26,27)28)22(37)33-17-6-4-5-16(9-17)32-21-19(15-7-8-20(39-3)29-10-15)12-30-24(35-21)34-18-11-31-36(2)13-18/h4-13H,1H2,2-3H3,(H,33,37)(H2,30,32,34,35). The maximum Gasteiger partial charge on any atom is 0.491 e. The molecule has 0 saturated heterocycles. The molecule has 0 radical (unpaired) electrons. The summed E-state index contributed by atoms with van der Waals surface area (Å²) >= 11 is 0. The van der Waals surface area contributed by atoms with Gasteiger partial charge in [-0.25, -0.2) is 14.8 Å². The van der Waals surface area contributed by atoms with Gasteiger partial charge < -0.3 is 25.4 Å². The fourth-order valence-electron chi connectivity index (χ4n) is 3.25. The van der Waals surface area contributed by atoms with Crippen molar-refractivity contribution in [1.29, 1.82) is 0 Å². The van der Waals surface area contributed by atoms with Crippen LogP contribution < -0.4 is 20.7 Å². The second-order valence-electron chi connectivity index (χ2n) is 8.04. The molecule has 0 aliphatic heterocycles. The molecule has 0 bridgehead atoms. The number of amides is 1. The van der Waals surface area contributed by atoms with E-state index in [1.54, 1.807) is 60.8 Å². The first-order valence-electron chi connectivity index (χ1n) is 11.3. The van der Waals surface area contributed by atoms with Gasteiger partial charge in [-0.1, -0.05) is 12.6 Å². The van der Waals surface area contributed by atoms with Gasteiger partial charge in [-0.2, -0.15) is 23.3 Å². The molecule has 0 fully saturated rings. The molecule has 4 rings (SSSR count). The fraction of sp³-hybridized carbons (Fsp3) is 0.120. The smallest absolute Gasteiger partial charge is 0.481 e. The highest BCUT2D eigenvalue weighted by Gasteiger charge is 2.42. The zero-order chi connectivity index (χ0) is 28.9.